The van der Waals surface area contributed by atoms with Crippen LogP contribution in [0.4, 0.5) is 0 Å². The molecule has 2 rings (SSSR count). The Morgan fingerprint density at radius 3 is 2.67 bits per heavy atom. The third-order valence-corrected chi connectivity index (χ3v) is 4.60. The number of carboxylic acids is 1. The van der Waals surface area contributed by atoms with E-state index in [-0.39, 0.29) is 5.91 Å². The van der Waals surface area contributed by atoms with Crippen LogP contribution in [0.5, 0.6) is 0 Å². The number of aliphatic carboxylic acids is 1. The van der Waals surface area contributed by atoms with Crippen molar-refractivity contribution in [3.8, 4) is 0 Å². The van der Waals surface area contributed by atoms with Gasteiger partial charge in [0, 0.05) is 31.1 Å². The van der Waals surface area contributed by atoms with E-state index in [1.165, 1.54) is 0 Å². The van der Waals surface area contributed by atoms with Crippen molar-refractivity contribution in [2.45, 2.75) is 19.5 Å². The number of hydrogen-bond donors (Lipinski definition) is 2. The van der Waals surface area contributed by atoms with Gasteiger partial charge in [-0.15, -0.1) is 11.3 Å². The molecule has 21 heavy (non-hydrogen) atoms. The highest BCUT2D eigenvalue weighted by molar-refractivity contribution is 7.09. The van der Waals surface area contributed by atoms with Gasteiger partial charge in [0.2, 0.25) is 5.91 Å². The van der Waals surface area contributed by atoms with E-state index < -0.39 is 12.0 Å². The van der Waals surface area contributed by atoms with Gasteiger partial charge in [0.15, 0.2) is 0 Å². The average Bonchev–Trinajstić information content (AvgIpc) is 2.98. The highest BCUT2D eigenvalue weighted by atomic mass is 32.1. The summed E-state index contributed by atoms with van der Waals surface area (Å²) in [6.45, 7) is 5.48. The summed E-state index contributed by atoms with van der Waals surface area (Å²) in [4.78, 5) is 28.0. The van der Waals surface area contributed by atoms with Crippen molar-refractivity contribution in [2.75, 3.05) is 32.7 Å². The largest absolute Gasteiger partial charge is 0.480 e. The van der Waals surface area contributed by atoms with Crippen LogP contribution in [0.1, 0.15) is 11.8 Å². The summed E-state index contributed by atoms with van der Waals surface area (Å²) < 4.78 is 0. The van der Waals surface area contributed by atoms with Crippen LogP contribution < -0.4 is 5.32 Å². The van der Waals surface area contributed by atoms with Gasteiger partial charge in [0.05, 0.1) is 13.1 Å². The minimum atomic E-state index is -0.794. The van der Waals surface area contributed by atoms with Crippen molar-refractivity contribution in [3.63, 3.8) is 0 Å². The Morgan fingerprint density at radius 2 is 2.10 bits per heavy atom. The lowest BCUT2D eigenvalue weighted by molar-refractivity contribution is -0.143. The predicted molar refractivity (Wildman–Crippen MR) is 81.3 cm³/mol. The SMILES string of the molecule is CC(C(=O)O)N1CCN(CC(=O)NCc2cccs2)CC1. The third-order valence-electron chi connectivity index (χ3n) is 3.72. The first-order valence-electron chi connectivity index (χ1n) is 7.04. The number of carbonyl (C=O) groups is 2. The summed E-state index contributed by atoms with van der Waals surface area (Å²) in [7, 11) is 0. The van der Waals surface area contributed by atoms with Crippen molar-refractivity contribution < 1.29 is 14.7 Å². The van der Waals surface area contributed by atoms with Crippen molar-refractivity contribution in [3.05, 3.63) is 22.4 Å². The van der Waals surface area contributed by atoms with Gasteiger partial charge in [-0.05, 0) is 18.4 Å². The normalized spacial score (nSPS) is 18.3. The molecule has 1 atom stereocenters. The second kappa shape index (κ2) is 7.53. The molecule has 0 radical (unpaired) electrons. The Kier molecular flexibility index (Phi) is 5.72. The van der Waals surface area contributed by atoms with Crippen molar-refractivity contribution >= 4 is 23.2 Å². The topological polar surface area (TPSA) is 72.9 Å². The second-order valence-electron chi connectivity index (χ2n) is 5.18. The van der Waals surface area contributed by atoms with Gasteiger partial charge in [-0.25, -0.2) is 0 Å². The van der Waals surface area contributed by atoms with Crippen LogP contribution in [0.2, 0.25) is 0 Å². The predicted octanol–water partition coefficient (Wildman–Crippen LogP) is 0.455. The molecule has 0 aromatic carbocycles. The number of amides is 1. The molecule has 2 heterocycles. The van der Waals surface area contributed by atoms with Crippen molar-refractivity contribution in [1.82, 2.24) is 15.1 Å². The maximum Gasteiger partial charge on any atom is 0.320 e. The number of nitrogens with zero attached hydrogens (tertiary/aromatic N) is 2. The zero-order valence-corrected chi connectivity index (χ0v) is 12.9. The third kappa shape index (κ3) is 4.80. The number of hydrogen-bond acceptors (Lipinski definition) is 5. The van der Waals surface area contributed by atoms with Gasteiger partial charge >= 0.3 is 5.97 Å². The fraction of sp³-hybridized carbons (Fsp3) is 0.571. The lowest BCUT2D eigenvalue weighted by Crippen LogP contribution is -2.53. The average molecular weight is 311 g/mol. The summed E-state index contributed by atoms with van der Waals surface area (Å²) in [5.41, 5.74) is 0. The molecular weight excluding hydrogens is 290 g/mol. The molecule has 0 spiro atoms. The molecular formula is C14H21N3O3S. The van der Waals surface area contributed by atoms with Gasteiger partial charge < -0.3 is 10.4 Å². The number of nitrogens with one attached hydrogen (secondary N) is 1. The minimum Gasteiger partial charge on any atom is -0.480 e. The zero-order valence-electron chi connectivity index (χ0n) is 12.1. The van der Waals surface area contributed by atoms with E-state index in [2.05, 4.69) is 10.2 Å². The van der Waals surface area contributed by atoms with Crippen LogP contribution in [0.3, 0.4) is 0 Å². The quantitative estimate of drug-likeness (QED) is 0.798. The fourth-order valence-corrected chi connectivity index (χ4v) is 2.97. The zero-order chi connectivity index (χ0) is 15.2. The van der Waals surface area contributed by atoms with Crippen LogP contribution in [0.25, 0.3) is 0 Å². The van der Waals surface area contributed by atoms with Crippen LogP contribution in [-0.2, 0) is 16.1 Å². The first kappa shape index (κ1) is 15.9. The van der Waals surface area contributed by atoms with Gasteiger partial charge in [0.1, 0.15) is 6.04 Å². The fourth-order valence-electron chi connectivity index (χ4n) is 2.32. The summed E-state index contributed by atoms with van der Waals surface area (Å²) in [5.74, 6) is -0.778. The lowest BCUT2D eigenvalue weighted by Gasteiger charge is -2.36. The second-order valence-corrected chi connectivity index (χ2v) is 6.21. The lowest BCUT2D eigenvalue weighted by atomic mass is 10.2. The van der Waals surface area contributed by atoms with Crippen molar-refractivity contribution in [2.24, 2.45) is 0 Å². The molecule has 1 aromatic heterocycles. The molecule has 1 aliphatic heterocycles. The molecule has 2 N–H and O–H groups in total. The molecule has 0 aliphatic carbocycles. The molecule has 1 aliphatic rings. The molecule has 116 valence electrons. The van der Waals surface area contributed by atoms with Gasteiger partial charge in [0.25, 0.3) is 0 Å². The number of thiophene rings is 1. The monoisotopic (exact) mass is 311 g/mol. The van der Waals surface area contributed by atoms with Gasteiger partial charge in [-0.2, -0.15) is 0 Å². The standard InChI is InChI=1S/C14H21N3O3S/c1-11(14(19)20)17-6-4-16(5-7-17)10-13(18)15-9-12-3-2-8-21-12/h2-3,8,11H,4-7,9-10H2,1H3,(H,15,18)(H,19,20). The van der Waals surface area contributed by atoms with Crippen molar-refractivity contribution in [1.29, 1.82) is 0 Å². The Bertz CT molecular complexity index is 470. The van der Waals surface area contributed by atoms with E-state index in [1.54, 1.807) is 18.3 Å². The van der Waals surface area contributed by atoms with E-state index in [0.717, 1.165) is 18.0 Å². The smallest absolute Gasteiger partial charge is 0.320 e. The van der Waals surface area contributed by atoms with Gasteiger partial charge in [-0.1, -0.05) is 6.07 Å². The molecule has 0 saturated carbocycles. The Hall–Kier alpha value is -1.44. The van der Waals surface area contributed by atoms with E-state index in [0.29, 0.717) is 26.2 Å². The van der Waals surface area contributed by atoms with Crippen LogP contribution in [0.15, 0.2) is 17.5 Å². The molecule has 1 amide bonds. The molecule has 1 aromatic rings. The van der Waals surface area contributed by atoms with Crippen LogP contribution >= 0.6 is 11.3 Å². The first-order valence-corrected chi connectivity index (χ1v) is 7.92. The summed E-state index contributed by atoms with van der Waals surface area (Å²) >= 11 is 1.63. The number of piperazine rings is 1. The molecule has 1 unspecified atom stereocenters. The Labute approximate surface area is 128 Å². The summed E-state index contributed by atoms with van der Waals surface area (Å²) in [6, 6.07) is 3.51. The maximum absolute atomic E-state index is 11.9. The number of carboxylic acid groups (broad SMARTS) is 1. The highest BCUT2D eigenvalue weighted by Crippen LogP contribution is 2.08. The summed E-state index contributed by atoms with van der Waals surface area (Å²) in [5, 5.41) is 13.9. The van der Waals surface area contributed by atoms with Gasteiger partial charge in [-0.3, -0.25) is 19.4 Å². The molecule has 6 nitrogen and oxygen atoms in total. The van der Waals surface area contributed by atoms with E-state index in [4.69, 9.17) is 5.11 Å². The van der Waals surface area contributed by atoms with E-state index >= 15 is 0 Å². The maximum atomic E-state index is 11.9. The van der Waals surface area contributed by atoms with Crippen LogP contribution in [-0.4, -0.2) is 65.5 Å². The number of carbonyl (C=O) groups excluding carboxylic acids is 1. The van der Waals surface area contributed by atoms with E-state index in [9.17, 15) is 9.59 Å². The summed E-state index contributed by atoms with van der Waals surface area (Å²) in [6.07, 6.45) is 0. The van der Waals surface area contributed by atoms with Crippen LogP contribution in [0, 0.1) is 0 Å². The number of rotatable bonds is 6. The van der Waals surface area contributed by atoms with E-state index in [1.807, 2.05) is 22.4 Å². The molecule has 7 heteroatoms. The Balaban J connectivity index is 1.68. The molecule has 1 fully saturated rings. The first-order chi connectivity index (χ1) is 10.1. The minimum absolute atomic E-state index is 0.0168. The highest BCUT2D eigenvalue weighted by Gasteiger charge is 2.25. The Morgan fingerprint density at radius 1 is 1.38 bits per heavy atom. The molecule has 0 bridgehead atoms. The molecule has 1 saturated heterocycles.